The molecule has 0 aliphatic heterocycles. The molecule has 54 valence electrons. The number of aryl methyl sites for hydroxylation is 1. The number of fused-ring (bicyclic) bond motifs is 1. The van der Waals surface area contributed by atoms with E-state index in [1.807, 2.05) is 6.92 Å². The average molecular weight is 144 g/mol. The Morgan fingerprint density at radius 1 is 1.45 bits per heavy atom. The number of nitrogens with zero attached hydrogens (tertiary/aromatic N) is 1. The lowest BCUT2D eigenvalue weighted by Crippen LogP contribution is -1.99. The first-order chi connectivity index (χ1) is 5.27. The molecular formula is C8H9BN2. The fourth-order valence-corrected chi connectivity index (χ4v) is 1.26. The van der Waals surface area contributed by atoms with Gasteiger partial charge in [0.2, 0.25) is 0 Å². The smallest absolute Gasteiger partial charge is 0.139 e. The van der Waals surface area contributed by atoms with Crippen molar-refractivity contribution in [3.05, 3.63) is 23.9 Å². The molecule has 2 aromatic rings. The Hall–Kier alpha value is -1.25. The average Bonchev–Trinajstić information content (AvgIpc) is 2.33. The van der Waals surface area contributed by atoms with Crippen LogP contribution in [0.25, 0.3) is 10.9 Å². The molecule has 3 heteroatoms. The summed E-state index contributed by atoms with van der Waals surface area (Å²) in [6, 6.07) is 6.29. The van der Waals surface area contributed by atoms with E-state index < -0.39 is 0 Å². The van der Waals surface area contributed by atoms with Crippen molar-refractivity contribution in [1.82, 2.24) is 10.2 Å². The molecular weight excluding hydrogens is 135 g/mol. The maximum absolute atomic E-state index is 4.11. The van der Waals surface area contributed by atoms with Crippen molar-refractivity contribution < 1.29 is 0 Å². The van der Waals surface area contributed by atoms with Crippen LogP contribution in [0.2, 0.25) is 0 Å². The Balaban J connectivity index is 2.87. The predicted octanol–water partition coefficient (Wildman–Crippen LogP) is 0.130. The quantitative estimate of drug-likeness (QED) is 0.523. The molecule has 0 aliphatic carbocycles. The third kappa shape index (κ3) is 0.927. The Morgan fingerprint density at radius 3 is 3.09 bits per heavy atom. The second kappa shape index (κ2) is 2.12. The zero-order valence-corrected chi connectivity index (χ0v) is 6.68. The van der Waals surface area contributed by atoms with Crippen LogP contribution in [0, 0.1) is 6.92 Å². The topological polar surface area (TPSA) is 28.7 Å². The normalized spacial score (nSPS) is 10.6. The first-order valence-corrected chi connectivity index (χ1v) is 3.69. The third-order valence-corrected chi connectivity index (χ3v) is 1.91. The van der Waals surface area contributed by atoms with Crippen LogP contribution < -0.4 is 5.46 Å². The SMILES string of the molecule is Bc1ccc2[nH]nc(C)c2c1. The predicted molar refractivity (Wildman–Crippen MR) is 49.0 cm³/mol. The molecule has 0 fully saturated rings. The van der Waals surface area contributed by atoms with Gasteiger partial charge in [-0.1, -0.05) is 17.6 Å². The van der Waals surface area contributed by atoms with Crippen LogP contribution in [0.3, 0.4) is 0 Å². The van der Waals surface area contributed by atoms with Gasteiger partial charge in [-0.3, -0.25) is 5.10 Å². The van der Waals surface area contributed by atoms with Gasteiger partial charge in [-0.05, 0) is 13.0 Å². The van der Waals surface area contributed by atoms with Gasteiger partial charge in [0.15, 0.2) is 0 Å². The number of hydrogen-bond donors (Lipinski definition) is 1. The van der Waals surface area contributed by atoms with Crippen molar-refractivity contribution in [2.24, 2.45) is 0 Å². The molecule has 0 radical (unpaired) electrons. The molecule has 0 atom stereocenters. The molecule has 0 amide bonds. The lowest BCUT2D eigenvalue weighted by Gasteiger charge is -1.91. The van der Waals surface area contributed by atoms with Crippen LogP contribution in [0.4, 0.5) is 0 Å². The Bertz CT molecular complexity index is 392. The van der Waals surface area contributed by atoms with Gasteiger partial charge < -0.3 is 0 Å². The fourth-order valence-electron chi connectivity index (χ4n) is 1.26. The van der Waals surface area contributed by atoms with E-state index in [-0.39, 0.29) is 0 Å². The van der Waals surface area contributed by atoms with E-state index in [0.717, 1.165) is 11.2 Å². The summed E-state index contributed by atoms with van der Waals surface area (Å²) >= 11 is 0. The minimum Gasteiger partial charge on any atom is -0.278 e. The summed E-state index contributed by atoms with van der Waals surface area (Å²) in [5.41, 5.74) is 3.47. The summed E-state index contributed by atoms with van der Waals surface area (Å²) in [6.45, 7) is 2.01. The zero-order chi connectivity index (χ0) is 7.84. The Labute approximate surface area is 66.0 Å². The van der Waals surface area contributed by atoms with Crippen LogP contribution in [-0.4, -0.2) is 18.0 Å². The summed E-state index contributed by atoms with van der Waals surface area (Å²) < 4.78 is 0. The molecule has 1 aromatic heterocycles. The van der Waals surface area contributed by atoms with E-state index >= 15 is 0 Å². The second-order valence-corrected chi connectivity index (χ2v) is 2.86. The Morgan fingerprint density at radius 2 is 2.27 bits per heavy atom. The highest BCUT2D eigenvalue weighted by atomic mass is 15.1. The van der Waals surface area contributed by atoms with Crippen molar-refractivity contribution in [1.29, 1.82) is 0 Å². The van der Waals surface area contributed by atoms with Crippen molar-refractivity contribution >= 4 is 24.2 Å². The van der Waals surface area contributed by atoms with Crippen molar-refractivity contribution in [3.63, 3.8) is 0 Å². The summed E-state index contributed by atoms with van der Waals surface area (Å²) in [4.78, 5) is 0. The Kier molecular flexibility index (Phi) is 1.25. The van der Waals surface area contributed by atoms with E-state index in [1.165, 1.54) is 10.8 Å². The fraction of sp³-hybridized carbons (Fsp3) is 0.125. The second-order valence-electron chi connectivity index (χ2n) is 2.86. The van der Waals surface area contributed by atoms with Crippen LogP contribution >= 0.6 is 0 Å². The number of H-pyrrole nitrogens is 1. The summed E-state index contributed by atoms with van der Waals surface area (Å²) in [7, 11) is 2.09. The molecule has 1 heterocycles. The highest BCUT2D eigenvalue weighted by Gasteiger charge is 1.98. The molecule has 0 saturated carbocycles. The van der Waals surface area contributed by atoms with E-state index in [1.54, 1.807) is 0 Å². The van der Waals surface area contributed by atoms with Gasteiger partial charge >= 0.3 is 0 Å². The molecule has 1 N–H and O–H groups in total. The number of rotatable bonds is 0. The highest BCUT2D eigenvalue weighted by Crippen LogP contribution is 2.11. The molecule has 1 aromatic carbocycles. The molecule has 2 rings (SSSR count). The van der Waals surface area contributed by atoms with Crippen LogP contribution in [0.15, 0.2) is 18.2 Å². The molecule has 0 spiro atoms. The van der Waals surface area contributed by atoms with E-state index in [2.05, 4.69) is 36.2 Å². The molecule has 2 nitrogen and oxygen atoms in total. The first kappa shape index (κ1) is 6.46. The van der Waals surface area contributed by atoms with E-state index in [9.17, 15) is 0 Å². The van der Waals surface area contributed by atoms with E-state index in [0.29, 0.717) is 0 Å². The minimum atomic E-state index is 1.07. The summed E-state index contributed by atoms with van der Waals surface area (Å²) in [5.74, 6) is 0. The number of nitrogens with one attached hydrogen (secondary N) is 1. The van der Waals surface area contributed by atoms with Gasteiger partial charge in [0.1, 0.15) is 7.85 Å². The standard InChI is InChI=1S/C8H9BN2/c1-5-7-4-6(9)2-3-8(7)11-10-5/h2-4H,9H2,1H3,(H,10,11). The molecule has 0 unspecified atom stereocenters. The number of benzene rings is 1. The molecule has 11 heavy (non-hydrogen) atoms. The third-order valence-electron chi connectivity index (χ3n) is 1.91. The molecule has 0 bridgehead atoms. The molecule has 0 aliphatic rings. The van der Waals surface area contributed by atoms with Gasteiger partial charge in [0, 0.05) is 5.39 Å². The minimum absolute atomic E-state index is 1.07. The van der Waals surface area contributed by atoms with Crippen molar-refractivity contribution in [3.8, 4) is 0 Å². The first-order valence-electron chi connectivity index (χ1n) is 3.69. The highest BCUT2D eigenvalue weighted by molar-refractivity contribution is 6.33. The molecule has 0 saturated heterocycles. The van der Waals surface area contributed by atoms with E-state index in [4.69, 9.17) is 0 Å². The van der Waals surface area contributed by atoms with Gasteiger partial charge in [0.25, 0.3) is 0 Å². The number of hydrogen-bond acceptors (Lipinski definition) is 1. The van der Waals surface area contributed by atoms with Gasteiger partial charge in [-0.25, -0.2) is 0 Å². The maximum Gasteiger partial charge on any atom is 0.139 e. The van der Waals surface area contributed by atoms with Crippen LogP contribution in [0.1, 0.15) is 5.69 Å². The van der Waals surface area contributed by atoms with Gasteiger partial charge in [-0.15, -0.1) is 0 Å². The maximum atomic E-state index is 4.11. The van der Waals surface area contributed by atoms with Gasteiger partial charge in [0.05, 0.1) is 11.2 Å². The number of aromatic amines is 1. The largest absolute Gasteiger partial charge is 0.278 e. The lowest BCUT2D eigenvalue weighted by molar-refractivity contribution is 1.07. The summed E-state index contributed by atoms with van der Waals surface area (Å²) in [6.07, 6.45) is 0. The van der Waals surface area contributed by atoms with Crippen LogP contribution in [0.5, 0.6) is 0 Å². The number of aromatic nitrogens is 2. The van der Waals surface area contributed by atoms with Crippen LogP contribution in [-0.2, 0) is 0 Å². The monoisotopic (exact) mass is 144 g/mol. The van der Waals surface area contributed by atoms with Gasteiger partial charge in [-0.2, -0.15) is 5.10 Å². The van der Waals surface area contributed by atoms with Crippen molar-refractivity contribution in [2.75, 3.05) is 0 Å². The summed E-state index contributed by atoms with van der Waals surface area (Å²) in [5, 5.41) is 8.30. The van der Waals surface area contributed by atoms with Crippen molar-refractivity contribution in [2.45, 2.75) is 6.92 Å². The lowest BCUT2D eigenvalue weighted by atomic mass is 9.95. The zero-order valence-electron chi connectivity index (χ0n) is 6.68.